The molecule has 3 heteroatoms. The maximum Gasteiger partial charge on any atom is 0.0590 e. The normalized spacial score (nSPS) is 15.7. The third-order valence-corrected chi connectivity index (χ3v) is 4.49. The van der Waals surface area contributed by atoms with E-state index in [9.17, 15) is 0 Å². The molecule has 0 bridgehead atoms. The van der Waals surface area contributed by atoms with Crippen LogP contribution < -0.4 is 5.32 Å². The van der Waals surface area contributed by atoms with Crippen molar-refractivity contribution in [2.24, 2.45) is 0 Å². The highest BCUT2D eigenvalue weighted by Gasteiger charge is 2.16. The first-order valence-electron chi connectivity index (χ1n) is 7.17. The zero-order valence-electron chi connectivity index (χ0n) is 11.7. The first-order chi connectivity index (χ1) is 9.78. The number of fused-ring (bicyclic) bond motifs is 1. The van der Waals surface area contributed by atoms with Crippen LogP contribution in [-0.4, -0.2) is 12.0 Å². The summed E-state index contributed by atoms with van der Waals surface area (Å²) in [5, 5.41) is 3.41. The second-order valence-electron chi connectivity index (χ2n) is 5.39. The zero-order chi connectivity index (χ0) is 13.9. The van der Waals surface area contributed by atoms with E-state index in [0.717, 1.165) is 4.47 Å². The van der Waals surface area contributed by atoms with Crippen LogP contribution in [0.2, 0.25) is 0 Å². The average molecular weight is 331 g/mol. The van der Waals surface area contributed by atoms with Crippen LogP contribution in [0.5, 0.6) is 0 Å². The van der Waals surface area contributed by atoms with Gasteiger partial charge in [0.1, 0.15) is 0 Å². The molecule has 20 heavy (non-hydrogen) atoms. The second kappa shape index (κ2) is 6.06. The van der Waals surface area contributed by atoms with Gasteiger partial charge in [-0.1, -0.05) is 18.2 Å². The first kappa shape index (κ1) is 13.8. The Hall–Kier alpha value is -1.19. The van der Waals surface area contributed by atoms with Crippen molar-refractivity contribution in [3.8, 4) is 0 Å². The molecule has 0 saturated heterocycles. The minimum absolute atomic E-state index is 0.201. The van der Waals surface area contributed by atoms with Gasteiger partial charge >= 0.3 is 0 Å². The molecule has 2 nitrogen and oxygen atoms in total. The Morgan fingerprint density at radius 1 is 1.05 bits per heavy atom. The van der Waals surface area contributed by atoms with Gasteiger partial charge in [0.05, 0.1) is 6.04 Å². The van der Waals surface area contributed by atoms with Crippen molar-refractivity contribution in [2.75, 3.05) is 7.05 Å². The van der Waals surface area contributed by atoms with Gasteiger partial charge in [-0.15, -0.1) is 0 Å². The quantitative estimate of drug-likeness (QED) is 0.918. The Morgan fingerprint density at radius 2 is 1.85 bits per heavy atom. The van der Waals surface area contributed by atoms with Crippen LogP contribution in [0.1, 0.15) is 41.1 Å². The lowest BCUT2D eigenvalue weighted by atomic mass is 9.88. The van der Waals surface area contributed by atoms with E-state index in [-0.39, 0.29) is 6.04 Å². The molecule has 0 amide bonds. The molecule has 1 heterocycles. The number of nitrogens with zero attached hydrogens (tertiary/aromatic N) is 1. The Balaban J connectivity index is 1.97. The standard InChI is InChI=1S/C17H19BrN2/c1-19-17(15-9-16(18)11-20-10-15)14-7-6-12-4-2-3-5-13(12)8-14/h6-11,17,19H,2-5H2,1H3. The molecule has 0 radical (unpaired) electrons. The van der Waals surface area contributed by atoms with E-state index in [1.807, 2.05) is 19.4 Å². The summed E-state index contributed by atoms with van der Waals surface area (Å²) in [5.74, 6) is 0. The minimum Gasteiger partial charge on any atom is -0.309 e. The second-order valence-corrected chi connectivity index (χ2v) is 6.31. The fraction of sp³-hybridized carbons (Fsp3) is 0.353. The molecule has 1 atom stereocenters. The van der Waals surface area contributed by atoms with Crippen molar-refractivity contribution in [1.29, 1.82) is 0 Å². The predicted molar refractivity (Wildman–Crippen MR) is 85.9 cm³/mol. The highest BCUT2D eigenvalue weighted by Crippen LogP contribution is 2.28. The van der Waals surface area contributed by atoms with E-state index in [4.69, 9.17) is 0 Å². The van der Waals surface area contributed by atoms with Crippen LogP contribution in [-0.2, 0) is 12.8 Å². The van der Waals surface area contributed by atoms with E-state index < -0.39 is 0 Å². The summed E-state index contributed by atoms with van der Waals surface area (Å²) in [4.78, 5) is 4.28. The molecule has 3 rings (SSSR count). The number of nitrogens with one attached hydrogen (secondary N) is 1. The van der Waals surface area contributed by atoms with E-state index in [1.54, 1.807) is 0 Å². The summed E-state index contributed by atoms with van der Waals surface area (Å²) < 4.78 is 1.02. The zero-order valence-corrected chi connectivity index (χ0v) is 13.3. The van der Waals surface area contributed by atoms with Crippen molar-refractivity contribution < 1.29 is 0 Å². The topological polar surface area (TPSA) is 24.9 Å². The predicted octanol–water partition coefficient (Wildman–Crippen LogP) is 4.03. The Kier molecular flexibility index (Phi) is 4.18. The lowest BCUT2D eigenvalue weighted by molar-refractivity contribution is 0.666. The number of hydrogen-bond donors (Lipinski definition) is 1. The summed E-state index contributed by atoms with van der Waals surface area (Å²) in [6.45, 7) is 0. The summed E-state index contributed by atoms with van der Waals surface area (Å²) in [6.07, 6.45) is 8.86. The van der Waals surface area contributed by atoms with Crippen LogP contribution in [0.3, 0.4) is 0 Å². The Bertz CT molecular complexity index is 610. The lowest BCUT2D eigenvalue weighted by Crippen LogP contribution is -2.18. The highest BCUT2D eigenvalue weighted by atomic mass is 79.9. The first-order valence-corrected chi connectivity index (χ1v) is 7.96. The van der Waals surface area contributed by atoms with Crippen LogP contribution in [0.15, 0.2) is 41.1 Å². The number of halogens is 1. The number of benzene rings is 1. The van der Waals surface area contributed by atoms with Crippen molar-refractivity contribution in [2.45, 2.75) is 31.7 Å². The smallest absolute Gasteiger partial charge is 0.0590 e. The molecule has 1 aromatic heterocycles. The summed E-state index contributed by atoms with van der Waals surface area (Å²) >= 11 is 3.50. The fourth-order valence-electron chi connectivity index (χ4n) is 3.04. The molecule has 1 aliphatic carbocycles. The van der Waals surface area contributed by atoms with Crippen LogP contribution in [0.4, 0.5) is 0 Å². The summed E-state index contributed by atoms with van der Waals surface area (Å²) in [5.41, 5.74) is 5.57. The highest BCUT2D eigenvalue weighted by molar-refractivity contribution is 9.10. The van der Waals surface area contributed by atoms with E-state index in [1.165, 1.54) is 47.9 Å². The fourth-order valence-corrected chi connectivity index (χ4v) is 3.43. The third kappa shape index (κ3) is 2.79. The number of aryl methyl sites for hydroxylation is 2. The molecule has 0 fully saturated rings. The SMILES string of the molecule is CNC(c1cncc(Br)c1)c1ccc2c(c1)CCCC2. The van der Waals surface area contributed by atoms with Crippen molar-refractivity contribution in [1.82, 2.24) is 10.3 Å². The molecule has 0 aliphatic heterocycles. The van der Waals surface area contributed by atoms with Crippen molar-refractivity contribution >= 4 is 15.9 Å². The molecule has 0 spiro atoms. The molecular formula is C17H19BrN2. The van der Waals surface area contributed by atoms with Gasteiger partial charge < -0.3 is 5.32 Å². The van der Waals surface area contributed by atoms with Gasteiger partial charge in [0.15, 0.2) is 0 Å². The molecule has 1 unspecified atom stereocenters. The van der Waals surface area contributed by atoms with Crippen LogP contribution in [0.25, 0.3) is 0 Å². The molecule has 1 aromatic carbocycles. The van der Waals surface area contributed by atoms with Gasteiger partial charge in [0.2, 0.25) is 0 Å². The van der Waals surface area contributed by atoms with Crippen molar-refractivity contribution in [3.05, 3.63) is 63.4 Å². The largest absolute Gasteiger partial charge is 0.309 e. The summed E-state index contributed by atoms with van der Waals surface area (Å²) in [6, 6.07) is 9.27. The minimum atomic E-state index is 0.201. The molecule has 104 valence electrons. The third-order valence-electron chi connectivity index (χ3n) is 4.05. The maximum atomic E-state index is 4.28. The number of aromatic nitrogens is 1. The number of hydrogen-bond acceptors (Lipinski definition) is 2. The van der Waals surface area contributed by atoms with Gasteiger partial charge in [0.25, 0.3) is 0 Å². The number of pyridine rings is 1. The van der Waals surface area contributed by atoms with E-state index >= 15 is 0 Å². The van der Waals surface area contributed by atoms with Gasteiger partial charge in [-0.3, -0.25) is 4.98 Å². The lowest BCUT2D eigenvalue weighted by Gasteiger charge is -2.21. The van der Waals surface area contributed by atoms with Gasteiger partial charge in [-0.25, -0.2) is 0 Å². The van der Waals surface area contributed by atoms with Crippen LogP contribution >= 0.6 is 15.9 Å². The number of rotatable bonds is 3. The summed E-state index contributed by atoms with van der Waals surface area (Å²) in [7, 11) is 2.00. The van der Waals surface area contributed by atoms with E-state index in [2.05, 4.69) is 50.5 Å². The molecular weight excluding hydrogens is 312 g/mol. The maximum absolute atomic E-state index is 4.28. The van der Waals surface area contributed by atoms with Crippen LogP contribution in [0, 0.1) is 0 Å². The van der Waals surface area contributed by atoms with E-state index in [0.29, 0.717) is 0 Å². The van der Waals surface area contributed by atoms with Crippen molar-refractivity contribution in [3.63, 3.8) is 0 Å². The van der Waals surface area contributed by atoms with Gasteiger partial charge in [-0.05, 0) is 77.0 Å². The molecule has 1 aliphatic rings. The molecule has 1 N–H and O–H groups in total. The monoisotopic (exact) mass is 330 g/mol. The molecule has 2 aromatic rings. The Morgan fingerprint density at radius 3 is 2.60 bits per heavy atom. The van der Waals surface area contributed by atoms with Gasteiger partial charge in [-0.2, -0.15) is 0 Å². The molecule has 0 saturated carbocycles. The average Bonchev–Trinajstić information content (AvgIpc) is 2.48. The van der Waals surface area contributed by atoms with Gasteiger partial charge in [0, 0.05) is 16.9 Å². The Labute approximate surface area is 128 Å².